The molecule has 8 heteroatoms. The highest BCUT2D eigenvalue weighted by atomic mass is 32.2. The Morgan fingerprint density at radius 1 is 0.941 bits per heavy atom. The van der Waals surface area contributed by atoms with Crippen LogP contribution in [0.15, 0.2) is 88.8 Å². The van der Waals surface area contributed by atoms with E-state index < -0.39 is 16.1 Å². The van der Waals surface area contributed by atoms with Gasteiger partial charge < -0.3 is 4.90 Å². The third-order valence-electron chi connectivity index (χ3n) is 6.00. The van der Waals surface area contributed by atoms with Crippen LogP contribution in [0.1, 0.15) is 22.7 Å². The number of benzene rings is 3. The summed E-state index contributed by atoms with van der Waals surface area (Å²) in [5, 5.41) is 12.1. The number of rotatable bonds is 4. The van der Waals surface area contributed by atoms with Gasteiger partial charge in [0.05, 0.1) is 16.6 Å². The zero-order chi connectivity index (χ0) is 24.1. The molecule has 0 aliphatic carbocycles. The average Bonchev–Trinajstić information content (AvgIpc) is 2.85. The second-order valence-electron chi connectivity index (χ2n) is 8.21. The van der Waals surface area contributed by atoms with Crippen molar-refractivity contribution in [2.24, 2.45) is 4.99 Å². The van der Waals surface area contributed by atoms with Crippen molar-refractivity contribution in [1.82, 2.24) is 14.5 Å². The Morgan fingerprint density at radius 2 is 1.59 bits per heavy atom. The Kier molecular flexibility index (Phi) is 6.96. The van der Waals surface area contributed by atoms with Gasteiger partial charge in [0.25, 0.3) is 0 Å². The quantitative estimate of drug-likeness (QED) is 0.267. The molecule has 4 rings (SSSR count). The Labute approximate surface area is 201 Å². The van der Waals surface area contributed by atoms with E-state index in [9.17, 15) is 13.7 Å². The second-order valence-corrected chi connectivity index (χ2v) is 10.1. The summed E-state index contributed by atoms with van der Waals surface area (Å²) >= 11 is 0. The van der Waals surface area contributed by atoms with E-state index in [1.54, 1.807) is 16.4 Å². The molecule has 1 aliphatic heterocycles. The lowest BCUT2D eigenvalue weighted by Gasteiger charge is -2.41. The average molecular weight is 474 g/mol. The van der Waals surface area contributed by atoms with Crippen molar-refractivity contribution in [3.63, 3.8) is 0 Å². The van der Waals surface area contributed by atoms with Crippen molar-refractivity contribution >= 4 is 21.7 Å². The molecule has 1 heterocycles. The van der Waals surface area contributed by atoms with Crippen LogP contribution in [0.5, 0.6) is 0 Å². The number of hydrogen-bond donors (Lipinski definition) is 1. The van der Waals surface area contributed by atoms with Gasteiger partial charge in [0.1, 0.15) is 0 Å². The number of aryl methyl sites for hydroxylation is 2. The van der Waals surface area contributed by atoms with E-state index >= 15 is 0 Å². The Hall–Kier alpha value is -3.67. The van der Waals surface area contributed by atoms with Crippen LogP contribution in [0, 0.1) is 25.3 Å². The van der Waals surface area contributed by atoms with Gasteiger partial charge in [-0.3, -0.25) is 5.32 Å². The molecule has 1 saturated heterocycles. The van der Waals surface area contributed by atoms with E-state index in [0.717, 1.165) is 16.8 Å². The van der Waals surface area contributed by atoms with Crippen LogP contribution in [-0.2, 0) is 10.0 Å². The molecule has 0 amide bonds. The minimum atomic E-state index is -3.74. The van der Waals surface area contributed by atoms with Crippen LogP contribution >= 0.6 is 0 Å². The molecule has 0 bridgehead atoms. The molecule has 174 valence electrons. The summed E-state index contributed by atoms with van der Waals surface area (Å²) in [5.74, 6) is 0.408. The van der Waals surface area contributed by atoms with Crippen LogP contribution < -0.4 is 5.32 Å². The molecule has 0 saturated carbocycles. The summed E-state index contributed by atoms with van der Waals surface area (Å²) in [6.07, 6.45) is 1.98. The Bertz CT molecular complexity index is 1330. The second kappa shape index (κ2) is 10.1. The number of guanidine groups is 1. The third-order valence-corrected chi connectivity index (χ3v) is 8.07. The molecule has 3 aromatic carbocycles. The van der Waals surface area contributed by atoms with Crippen molar-refractivity contribution < 1.29 is 8.42 Å². The molecule has 1 N–H and O–H groups in total. The van der Waals surface area contributed by atoms with Crippen molar-refractivity contribution in [1.29, 1.82) is 5.26 Å². The van der Waals surface area contributed by atoms with Crippen molar-refractivity contribution in [2.45, 2.75) is 24.8 Å². The lowest BCUT2D eigenvalue weighted by molar-refractivity contribution is 0.192. The van der Waals surface area contributed by atoms with Gasteiger partial charge in [0.2, 0.25) is 16.0 Å². The number of sulfonamides is 1. The number of aliphatic imine (C=N–C) groups is 1. The Balaban J connectivity index is 1.73. The molecule has 1 unspecified atom stereocenters. The molecular weight excluding hydrogens is 446 g/mol. The van der Waals surface area contributed by atoms with Gasteiger partial charge in [-0.2, -0.15) is 9.57 Å². The van der Waals surface area contributed by atoms with Crippen molar-refractivity contribution in [2.75, 3.05) is 19.6 Å². The molecule has 1 atom stereocenters. The fourth-order valence-corrected chi connectivity index (χ4v) is 6.02. The number of para-hydroxylation sites is 1. The first-order valence-corrected chi connectivity index (χ1v) is 12.5. The number of nitriles is 1. The van der Waals surface area contributed by atoms with Crippen LogP contribution in [0.2, 0.25) is 0 Å². The number of nitrogens with one attached hydrogen (secondary N) is 1. The van der Waals surface area contributed by atoms with Crippen LogP contribution in [0.4, 0.5) is 5.69 Å². The minimum absolute atomic E-state index is 0.260. The van der Waals surface area contributed by atoms with E-state index in [4.69, 9.17) is 4.99 Å². The number of nitrogens with zero attached hydrogens (tertiary/aromatic N) is 4. The lowest BCUT2D eigenvalue weighted by atomic mass is 10.0. The van der Waals surface area contributed by atoms with Crippen molar-refractivity contribution in [3.8, 4) is 6.19 Å². The predicted octanol–water partition coefficient (Wildman–Crippen LogP) is 4.11. The SMILES string of the molecule is Cc1ccccc1N=C(NC#N)N1CCN(S(=O)(=O)c2ccccc2C)C(c2ccccc2)C1. The molecule has 0 aromatic heterocycles. The number of hydrogen-bond acceptors (Lipinski definition) is 4. The van der Waals surface area contributed by atoms with Crippen LogP contribution in [-0.4, -0.2) is 43.2 Å². The minimum Gasteiger partial charge on any atom is -0.339 e. The van der Waals surface area contributed by atoms with E-state index in [1.165, 1.54) is 0 Å². The summed E-state index contributed by atoms with van der Waals surface area (Å²) < 4.78 is 29.0. The highest BCUT2D eigenvalue weighted by Gasteiger charge is 2.38. The van der Waals surface area contributed by atoms with Gasteiger partial charge in [0.15, 0.2) is 6.19 Å². The summed E-state index contributed by atoms with van der Waals surface area (Å²) in [7, 11) is -3.74. The highest BCUT2D eigenvalue weighted by Crippen LogP contribution is 2.32. The van der Waals surface area contributed by atoms with Gasteiger partial charge in [0, 0.05) is 19.6 Å². The summed E-state index contributed by atoms with van der Waals surface area (Å²) in [4.78, 5) is 6.96. The largest absolute Gasteiger partial charge is 0.339 e. The molecule has 0 spiro atoms. The summed E-state index contributed by atoms with van der Waals surface area (Å²) in [5.41, 5.74) is 3.34. The fraction of sp³-hybridized carbons (Fsp3) is 0.231. The first-order valence-electron chi connectivity index (χ1n) is 11.1. The zero-order valence-corrected chi connectivity index (χ0v) is 20.0. The molecule has 1 aliphatic rings. The topological polar surface area (TPSA) is 88.8 Å². The maximum absolute atomic E-state index is 13.7. The first-order chi connectivity index (χ1) is 16.4. The Morgan fingerprint density at radius 3 is 2.26 bits per heavy atom. The maximum atomic E-state index is 13.7. The van der Waals surface area contributed by atoms with Gasteiger partial charge in [-0.05, 0) is 42.7 Å². The zero-order valence-electron chi connectivity index (χ0n) is 19.2. The monoisotopic (exact) mass is 473 g/mol. The van der Waals surface area contributed by atoms with E-state index in [2.05, 4.69) is 5.32 Å². The van der Waals surface area contributed by atoms with Gasteiger partial charge in [-0.15, -0.1) is 0 Å². The van der Waals surface area contributed by atoms with E-state index in [1.807, 2.05) is 91.7 Å². The van der Waals surface area contributed by atoms with Gasteiger partial charge in [-0.1, -0.05) is 66.7 Å². The van der Waals surface area contributed by atoms with E-state index in [0.29, 0.717) is 29.5 Å². The molecule has 1 fully saturated rings. The van der Waals surface area contributed by atoms with Crippen LogP contribution in [0.3, 0.4) is 0 Å². The van der Waals surface area contributed by atoms with Gasteiger partial charge >= 0.3 is 0 Å². The third kappa shape index (κ3) is 4.81. The molecule has 3 aromatic rings. The molecular formula is C26H27N5O2S. The first kappa shape index (κ1) is 23.5. The maximum Gasteiger partial charge on any atom is 0.244 e. The van der Waals surface area contributed by atoms with E-state index in [-0.39, 0.29) is 6.54 Å². The molecule has 7 nitrogen and oxygen atoms in total. The van der Waals surface area contributed by atoms with Crippen LogP contribution in [0.25, 0.3) is 0 Å². The standard InChI is InChI=1S/C26H27N5O2S/c1-20-10-6-8-14-23(20)29-26(28-19-27)30-16-17-31(24(18-30)22-12-4-3-5-13-22)34(32,33)25-15-9-7-11-21(25)2/h3-15,24H,16-18H2,1-2H3,(H,28,29). The van der Waals surface area contributed by atoms with Crippen molar-refractivity contribution in [3.05, 3.63) is 95.6 Å². The smallest absolute Gasteiger partial charge is 0.244 e. The van der Waals surface area contributed by atoms with Gasteiger partial charge in [-0.25, -0.2) is 13.4 Å². The normalized spacial score (nSPS) is 17.3. The lowest BCUT2D eigenvalue weighted by Crippen LogP contribution is -2.54. The summed E-state index contributed by atoms with van der Waals surface area (Å²) in [6, 6.07) is 23.9. The fourth-order valence-electron chi connectivity index (χ4n) is 4.20. The molecule has 34 heavy (non-hydrogen) atoms. The molecule has 0 radical (unpaired) electrons. The summed E-state index contributed by atoms with van der Waals surface area (Å²) in [6.45, 7) is 4.78. The number of piperazine rings is 1. The predicted molar refractivity (Wildman–Crippen MR) is 133 cm³/mol. The highest BCUT2D eigenvalue weighted by molar-refractivity contribution is 7.89.